The van der Waals surface area contributed by atoms with Gasteiger partial charge in [-0.25, -0.2) is 0 Å². The average molecular weight is 256 g/mol. The number of halogens is 1. The number of carbonyl (C=O) groups excluding carboxylic acids is 2. The van der Waals surface area contributed by atoms with Gasteiger partial charge in [-0.2, -0.15) is 0 Å². The molecule has 0 spiro atoms. The molecule has 2 amide bonds. The van der Waals surface area contributed by atoms with Crippen molar-refractivity contribution < 1.29 is 9.59 Å². The number of likely N-dealkylation sites (N-methyl/N-ethyl adjacent to an activating group) is 1. The Balaban J connectivity index is 2.64. The van der Waals surface area contributed by atoms with Crippen LogP contribution in [-0.4, -0.2) is 24.9 Å². The number of carbonyl (C=O) groups is 2. The molecule has 4 N–H and O–H groups in total. The maximum Gasteiger partial charge on any atom is 0.253 e. The molecule has 0 fully saturated rings. The van der Waals surface area contributed by atoms with Gasteiger partial charge in [-0.15, -0.1) is 0 Å². The van der Waals surface area contributed by atoms with E-state index < -0.39 is 5.91 Å². The van der Waals surface area contributed by atoms with Crippen LogP contribution >= 0.6 is 11.6 Å². The smallest absolute Gasteiger partial charge is 0.253 e. The van der Waals surface area contributed by atoms with Crippen molar-refractivity contribution in [3.63, 3.8) is 0 Å². The summed E-state index contributed by atoms with van der Waals surface area (Å²) in [5.74, 6) is -0.672. The molecule has 0 bridgehead atoms. The van der Waals surface area contributed by atoms with E-state index in [4.69, 9.17) is 17.3 Å². The molecule has 1 rings (SSSR count). The summed E-state index contributed by atoms with van der Waals surface area (Å²) < 4.78 is 0. The number of nitrogen functional groups attached to an aromatic ring is 1. The Hall–Kier alpha value is -1.75. The van der Waals surface area contributed by atoms with E-state index in [1.807, 2.05) is 0 Å². The fraction of sp³-hybridized carbons (Fsp3) is 0.273. The monoisotopic (exact) mass is 255 g/mol. The van der Waals surface area contributed by atoms with Gasteiger partial charge in [0.15, 0.2) is 0 Å². The van der Waals surface area contributed by atoms with Gasteiger partial charge in [0.25, 0.3) is 5.91 Å². The topological polar surface area (TPSA) is 84.2 Å². The number of hydrogen-bond donors (Lipinski definition) is 3. The van der Waals surface area contributed by atoms with Crippen LogP contribution in [-0.2, 0) is 4.79 Å². The first-order chi connectivity index (χ1) is 8.04. The number of hydrogen-bond acceptors (Lipinski definition) is 3. The Labute approximate surface area is 104 Å². The molecule has 1 aromatic rings. The molecular formula is C11H14ClN3O2. The highest BCUT2D eigenvalue weighted by atomic mass is 35.5. The lowest BCUT2D eigenvalue weighted by Gasteiger charge is -2.07. The zero-order chi connectivity index (χ0) is 12.8. The second kappa shape index (κ2) is 6.10. The first kappa shape index (κ1) is 13.3. The Morgan fingerprint density at radius 3 is 2.71 bits per heavy atom. The van der Waals surface area contributed by atoms with Crippen molar-refractivity contribution in [3.8, 4) is 0 Å². The highest BCUT2D eigenvalue weighted by molar-refractivity contribution is 6.34. The van der Waals surface area contributed by atoms with Crippen LogP contribution in [0.4, 0.5) is 5.69 Å². The van der Waals surface area contributed by atoms with E-state index >= 15 is 0 Å². The van der Waals surface area contributed by atoms with E-state index in [0.717, 1.165) is 0 Å². The number of amides is 2. The Bertz CT molecular complexity index is 435. The highest BCUT2D eigenvalue weighted by Gasteiger charge is 2.11. The molecule has 0 saturated carbocycles. The third-order valence-corrected chi connectivity index (χ3v) is 2.35. The molecular weight excluding hydrogens is 242 g/mol. The molecule has 92 valence electrons. The number of benzene rings is 1. The van der Waals surface area contributed by atoms with Crippen molar-refractivity contribution in [1.29, 1.82) is 0 Å². The van der Waals surface area contributed by atoms with Gasteiger partial charge >= 0.3 is 0 Å². The molecule has 0 unspecified atom stereocenters. The zero-order valence-corrected chi connectivity index (χ0v) is 10.2. The van der Waals surface area contributed by atoms with Gasteiger partial charge in [-0.05, 0) is 25.1 Å². The summed E-state index contributed by atoms with van der Waals surface area (Å²) in [5.41, 5.74) is 6.25. The van der Waals surface area contributed by atoms with E-state index in [0.29, 0.717) is 17.3 Å². The molecule has 0 aliphatic heterocycles. The minimum Gasteiger partial charge on any atom is -0.399 e. The Morgan fingerprint density at radius 1 is 1.35 bits per heavy atom. The molecule has 5 nitrogen and oxygen atoms in total. The summed E-state index contributed by atoms with van der Waals surface area (Å²) in [5, 5.41) is 5.33. The standard InChI is InChI=1S/C11H14ClN3O2/c1-2-14-10(16)6-15-11(17)8-5-7(13)3-4-9(8)12/h3-5H,2,6,13H2,1H3,(H,14,16)(H,15,17). The molecule has 0 radical (unpaired) electrons. The summed E-state index contributed by atoms with van der Waals surface area (Å²) in [6, 6.07) is 4.61. The van der Waals surface area contributed by atoms with Gasteiger partial charge in [0, 0.05) is 12.2 Å². The van der Waals surface area contributed by atoms with E-state index in [9.17, 15) is 9.59 Å². The SMILES string of the molecule is CCNC(=O)CNC(=O)c1cc(N)ccc1Cl. The van der Waals surface area contributed by atoms with Crippen LogP contribution in [0.3, 0.4) is 0 Å². The van der Waals surface area contributed by atoms with E-state index in [2.05, 4.69) is 10.6 Å². The van der Waals surface area contributed by atoms with E-state index in [-0.39, 0.29) is 18.0 Å². The summed E-state index contributed by atoms with van der Waals surface area (Å²) >= 11 is 5.85. The molecule has 0 heterocycles. The van der Waals surface area contributed by atoms with Crippen molar-refractivity contribution >= 4 is 29.1 Å². The summed E-state index contributed by atoms with van der Waals surface area (Å²) in [6.07, 6.45) is 0. The third-order valence-electron chi connectivity index (χ3n) is 2.02. The Kier molecular flexibility index (Phi) is 4.78. The lowest BCUT2D eigenvalue weighted by molar-refractivity contribution is -0.120. The fourth-order valence-electron chi connectivity index (χ4n) is 1.23. The maximum atomic E-state index is 11.7. The molecule has 0 aliphatic rings. The molecule has 0 atom stereocenters. The predicted molar refractivity (Wildman–Crippen MR) is 66.9 cm³/mol. The fourth-order valence-corrected chi connectivity index (χ4v) is 1.44. The number of anilines is 1. The first-order valence-electron chi connectivity index (χ1n) is 5.14. The van der Waals surface area contributed by atoms with Crippen LogP contribution in [0.1, 0.15) is 17.3 Å². The van der Waals surface area contributed by atoms with Crippen molar-refractivity contribution in [2.45, 2.75) is 6.92 Å². The van der Waals surface area contributed by atoms with Gasteiger partial charge in [-0.3, -0.25) is 9.59 Å². The second-order valence-corrected chi connectivity index (χ2v) is 3.78. The van der Waals surface area contributed by atoms with Crippen molar-refractivity contribution in [3.05, 3.63) is 28.8 Å². The average Bonchev–Trinajstić information content (AvgIpc) is 2.29. The van der Waals surface area contributed by atoms with Crippen molar-refractivity contribution in [1.82, 2.24) is 10.6 Å². The lowest BCUT2D eigenvalue weighted by atomic mass is 10.2. The summed E-state index contributed by atoms with van der Waals surface area (Å²) in [7, 11) is 0. The van der Waals surface area contributed by atoms with E-state index in [1.165, 1.54) is 12.1 Å². The van der Waals surface area contributed by atoms with Gasteiger partial charge < -0.3 is 16.4 Å². The normalized spacial score (nSPS) is 9.76. The van der Waals surface area contributed by atoms with Crippen LogP contribution in [0.2, 0.25) is 5.02 Å². The van der Waals surface area contributed by atoms with Crippen LogP contribution < -0.4 is 16.4 Å². The highest BCUT2D eigenvalue weighted by Crippen LogP contribution is 2.18. The lowest BCUT2D eigenvalue weighted by Crippen LogP contribution is -2.36. The van der Waals surface area contributed by atoms with Crippen LogP contribution in [0.15, 0.2) is 18.2 Å². The van der Waals surface area contributed by atoms with Crippen molar-refractivity contribution in [2.75, 3.05) is 18.8 Å². The van der Waals surface area contributed by atoms with Gasteiger partial charge in [0.05, 0.1) is 17.1 Å². The number of rotatable bonds is 4. The molecule has 0 aliphatic carbocycles. The van der Waals surface area contributed by atoms with Crippen LogP contribution in [0, 0.1) is 0 Å². The Morgan fingerprint density at radius 2 is 2.06 bits per heavy atom. The number of nitrogens with two attached hydrogens (primary N) is 1. The molecule has 0 saturated heterocycles. The zero-order valence-electron chi connectivity index (χ0n) is 9.42. The van der Waals surface area contributed by atoms with Crippen LogP contribution in [0.5, 0.6) is 0 Å². The third kappa shape index (κ3) is 3.96. The predicted octanol–water partition coefficient (Wildman–Crippen LogP) is 0.788. The van der Waals surface area contributed by atoms with E-state index in [1.54, 1.807) is 13.0 Å². The minimum atomic E-state index is -0.423. The number of nitrogens with one attached hydrogen (secondary N) is 2. The first-order valence-corrected chi connectivity index (χ1v) is 5.52. The molecule has 17 heavy (non-hydrogen) atoms. The molecule has 0 aromatic heterocycles. The van der Waals surface area contributed by atoms with Gasteiger partial charge in [-0.1, -0.05) is 11.6 Å². The van der Waals surface area contributed by atoms with Gasteiger partial charge in [0.1, 0.15) is 0 Å². The molecule has 6 heteroatoms. The second-order valence-electron chi connectivity index (χ2n) is 3.38. The molecule has 1 aromatic carbocycles. The largest absolute Gasteiger partial charge is 0.399 e. The summed E-state index contributed by atoms with van der Waals surface area (Å²) in [4.78, 5) is 22.8. The maximum absolute atomic E-state index is 11.7. The summed E-state index contributed by atoms with van der Waals surface area (Å²) in [6.45, 7) is 2.24. The minimum absolute atomic E-state index is 0.0855. The van der Waals surface area contributed by atoms with Crippen LogP contribution in [0.25, 0.3) is 0 Å². The quantitative estimate of drug-likeness (QED) is 0.696. The van der Waals surface area contributed by atoms with Crippen molar-refractivity contribution in [2.24, 2.45) is 0 Å². The van der Waals surface area contributed by atoms with Gasteiger partial charge in [0.2, 0.25) is 5.91 Å².